The van der Waals surface area contributed by atoms with Gasteiger partial charge in [-0.25, -0.2) is 14.8 Å². The fraction of sp³-hybridized carbons (Fsp3) is 0.346. The van der Waals surface area contributed by atoms with Crippen molar-refractivity contribution in [2.24, 2.45) is 5.92 Å². The van der Waals surface area contributed by atoms with Crippen LogP contribution in [-0.4, -0.2) is 36.5 Å². The number of nitrogens with zero attached hydrogens (tertiary/aromatic N) is 5. The van der Waals surface area contributed by atoms with Crippen LogP contribution < -0.4 is 10.1 Å². The number of benzene rings is 1. The summed E-state index contributed by atoms with van der Waals surface area (Å²) >= 11 is 0. The minimum absolute atomic E-state index is 0.0402. The number of carbonyl (C=O) groups excluding carboxylic acids is 2. The third-order valence-electron chi connectivity index (χ3n) is 6.93. The van der Waals surface area contributed by atoms with Crippen molar-refractivity contribution in [3.8, 4) is 11.6 Å². The molecule has 2 amide bonds. The molecule has 0 bridgehead atoms. The van der Waals surface area contributed by atoms with Crippen LogP contribution in [-0.2, 0) is 23.3 Å². The molecule has 3 aromatic heterocycles. The van der Waals surface area contributed by atoms with Crippen molar-refractivity contribution >= 4 is 28.7 Å². The number of carbonyl (C=O) groups is 2. The maximum Gasteiger partial charge on any atom is 0.331 e. The van der Waals surface area contributed by atoms with Crippen LogP contribution in [0.5, 0.6) is 11.6 Å². The Labute approximate surface area is 207 Å². The van der Waals surface area contributed by atoms with Gasteiger partial charge in [0.25, 0.3) is 0 Å². The first kappa shape index (κ1) is 22.3. The summed E-state index contributed by atoms with van der Waals surface area (Å²) in [7, 11) is 0. The van der Waals surface area contributed by atoms with Gasteiger partial charge in [-0.1, -0.05) is 25.9 Å². The third-order valence-corrected chi connectivity index (χ3v) is 6.93. The standard InChI is InChI=1S/C26H26N6O4/c1-15(2)24(33)31-12-18-19(13-31)27-14-28-23(18)35-17-4-5-20-16(10-17)6-9-32(20)25(34)29-22-11-21(36-30-22)26(3)7-8-26/h4-6,9-11,14-15H,7-8,12-13H2,1-3H3,(H,29,30,34). The molecule has 1 aliphatic heterocycles. The van der Waals surface area contributed by atoms with Crippen LogP contribution >= 0.6 is 0 Å². The van der Waals surface area contributed by atoms with Gasteiger partial charge in [-0.05, 0) is 37.1 Å². The van der Waals surface area contributed by atoms with E-state index in [1.165, 1.54) is 10.9 Å². The minimum atomic E-state index is -0.331. The maximum atomic E-state index is 12.9. The highest BCUT2D eigenvalue weighted by Gasteiger charge is 2.43. The van der Waals surface area contributed by atoms with Crippen LogP contribution in [0.1, 0.15) is 50.6 Å². The second kappa shape index (κ2) is 8.18. The Bertz CT molecular complexity index is 1500. The Kier molecular flexibility index (Phi) is 5.06. The van der Waals surface area contributed by atoms with Gasteiger partial charge in [0.2, 0.25) is 11.8 Å². The van der Waals surface area contributed by atoms with Gasteiger partial charge in [-0.3, -0.25) is 14.7 Å². The summed E-state index contributed by atoms with van der Waals surface area (Å²) in [5.74, 6) is 2.19. The smallest absolute Gasteiger partial charge is 0.331 e. The summed E-state index contributed by atoms with van der Waals surface area (Å²) in [6.45, 7) is 6.76. The fourth-order valence-corrected chi connectivity index (χ4v) is 4.46. The lowest BCUT2D eigenvalue weighted by Crippen LogP contribution is -2.29. The van der Waals surface area contributed by atoms with E-state index in [9.17, 15) is 9.59 Å². The van der Waals surface area contributed by atoms with Crippen molar-refractivity contribution in [1.82, 2.24) is 24.6 Å². The molecule has 2 aliphatic rings. The molecule has 4 heterocycles. The van der Waals surface area contributed by atoms with Gasteiger partial charge in [0.05, 0.1) is 29.9 Å². The highest BCUT2D eigenvalue weighted by molar-refractivity contribution is 5.98. The summed E-state index contributed by atoms with van der Waals surface area (Å²) < 4.78 is 13.0. The number of fused-ring (bicyclic) bond motifs is 2. The van der Waals surface area contributed by atoms with Crippen LogP contribution in [0.3, 0.4) is 0 Å². The second-order valence-electron chi connectivity index (χ2n) is 10.0. The first-order valence-electron chi connectivity index (χ1n) is 12.0. The molecule has 184 valence electrons. The fourth-order valence-electron chi connectivity index (χ4n) is 4.46. The molecule has 0 saturated heterocycles. The number of ether oxygens (including phenoxy) is 1. The highest BCUT2D eigenvalue weighted by Crippen LogP contribution is 2.48. The largest absolute Gasteiger partial charge is 0.439 e. The zero-order valence-electron chi connectivity index (χ0n) is 20.3. The molecule has 6 rings (SSSR count). The predicted octanol–water partition coefficient (Wildman–Crippen LogP) is 4.84. The zero-order chi connectivity index (χ0) is 25.0. The van der Waals surface area contributed by atoms with E-state index in [0.29, 0.717) is 30.5 Å². The van der Waals surface area contributed by atoms with Crippen molar-refractivity contribution in [2.45, 2.75) is 52.1 Å². The van der Waals surface area contributed by atoms with Gasteiger partial charge in [0, 0.05) is 29.0 Å². The number of anilines is 1. The molecule has 0 radical (unpaired) electrons. The van der Waals surface area contributed by atoms with E-state index in [-0.39, 0.29) is 23.3 Å². The lowest BCUT2D eigenvalue weighted by molar-refractivity contribution is -0.135. The summed E-state index contributed by atoms with van der Waals surface area (Å²) in [6.07, 6.45) is 5.28. The molecule has 1 saturated carbocycles. The number of hydrogen-bond donors (Lipinski definition) is 1. The summed E-state index contributed by atoms with van der Waals surface area (Å²) in [4.78, 5) is 35.7. The average Bonchev–Trinajstić information content (AvgIpc) is 3.26. The predicted molar refractivity (Wildman–Crippen MR) is 131 cm³/mol. The van der Waals surface area contributed by atoms with E-state index < -0.39 is 0 Å². The Hall–Kier alpha value is -4.21. The van der Waals surface area contributed by atoms with E-state index >= 15 is 0 Å². The summed E-state index contributed by atoms with van der Waals surface area (Å²) in [5.41, 5.74) is 2.37. The molecule has 1 aromatic carbocycles. The van der Waals surface area contributed by atoms with Gasteiger partial charge in [0.1, 0.15) is 17.8 Å². The van der Waals surface area contributed by atoms with E-state index in [1.807, 2.05) is 32.0 Å². The highest BCUT2D eigenvalue weighted by atomic mass is 16.5. The zero-order valence-corrected chi connectivity index (χ0v) is 20.3. The molecule has 36 heavy (non-hydrogen) atoms. The third kappa shape index (κ3) is 3.88. The number of aromatic nitrogens is 4. The van der Waals surface area contributed by atoms with Crippen molar-refractivity contribution in [1.29, 1.82) is 0 Å². The van der Waals surface area contributed by atoms with Gasteiger partial charge in [-0.2, -0.15) is 0 Å². The van der Waals surface area contributed by atoms with Crippen LogP contribution in [0, 0.1) is 5.92 Å². The van der Waals surface area contributed by atoms with Crippen LogP contribution in [0.4, 0.5) is 10.6 Å². The van der Waals surface area contributed by atoms with Crippen molar-refractivity contribution in [3.63, 3.8) is 0 Å². The number of amides is 2. The van der Waals surface area contributed by atoms with Gasteiger partial charge in [0.15, 0.2) is 5.82 Å². The molecule has 0 spiro atoms. The number of rotatable bonds is 5. The SMILES string of the molecule is CC(C)C(=O)N1Cc2ncnc(Oc3ccc4c(ccn4C(=O)Nc4cc(C5(C)CC5)on4)c3)c2C1. The molecule has 1 aliphatic carbocycles. The lowest BCUT2D eigenvalue weighted by Gasteiger charge is -2.17. The second-order valence-corrected chi connectivity index (χ2v) is 10.0. The summed E-state index contributed by atoms with van der Waals surface area (Å²) in [6, 6.07) is 8.76. The summed E-state index contributed by atoms with van der Waals surface area (Å²) in [5, 5.41) is 7.62. The number of hydrogen-bond acceptors (Lipinski definition) is 7. The Morgan fingerprint density at radius 1 is 1.14 bits per heavy atom. The molecule has 0 unspecified atom stereocenters. The van der Waals surface area contributed by atoms with E-state index in [0.717, 1.165) is 40.8 Å². The normalized spacial score (nSPS) is 15.8. The molecular formula is C26H26N6O4. The Balaban J connectivity index is 1.19. The van der Waals surface area contributed by atoms with Crippen LogP contribution in [0.25, 0.3) is 10.9 Å². The molecule has 1 fully saturated rings. The van der Waals surface area contributed by atoms with E-state index in [2.05, 4.69) is 27.4 Å². The van der Waals surface area contributed by atoms with Gasteiger partial charge in [-0.15, -0.1) is 0 Å². The van der Waals surface area contributed by atoms with Gasteiger partial charge < -0.3 is 14.2 Å². The van der Waals surface area contributed by atoms with Crippen LogP contribution in [0.2, 0.25) is 0 Å². The molecule has 1 N–H and O–H groups in total. The van der Waals surface area contributed by atoms with E-state index in [4.69, 9.17) is 9.26 Å². The Morgan fingerprint density at radius 3 is 2.75 bits per heavy atom. The first-order chi connectivity index (χ1) is 17.3. The maximum absolute atomic E-state index is 12.9. The molecule has 4 aromatic rings. The van der Waals surface area contributed by atoms with E-state index in [1.54, 1.807) is 23.2 Å². The van der Waals surface area contributed by atoms with Crippen molar-refractivity contribution in [2.75, 3.05) is 5.32 Å². The van der Waals surface area contributed by atoms with Crippen molar-refractivity contribution in [3.05, 3.63) is 59.9 Å². The van der Waals surface area contributed by atoms with Crippen LogP contribution in [0.15, 0.2) is 47.4 Å². The quantitative estimate of drug-likeness (QED) is 0.429. The first-order valence-corrected chi connectivity index (χ1v) is 12.0. The molecule has 10 nitrogen and oxygen atoms in total. The average molecular weight is 487 g/mol. The molecule has 10 heteroatoms. The minimum Gasteiger partial charge on any atom is -0.439 e. The monoisotopic (exact) mass is 486 g/mol. The number of nitrogens with one attached hydrogen (secondary N) is 1. The molecular weight excluding hydrogens is 460 g/mol. The van der Waals surface area contributed by atoms with Crippen molar-refractivity contribution < 1.29 is 18.8 Å². The lowest BCUT2D eigenvalue weighted by atomic mass is 10.1. The molecule has 0 atom stereocenters. The topological polar surface area (TPSA) is 115 Å². The van der Waals surface area contributed by atoms with Gasteiger partial charge >= 0.3 is 6.03 Å². The Morgan fingerprint density at radius 2 is 1.97 bits per heavy atom.